The van der Waals surface area contributed by atoms with E-state index in [1.807, 2.05) is 30.3 Å². The summed E-state index contributed by atoms with van der Waals surface area (Å²) >= 11 is 0. The molecule has 2 aromatic rings. The summed E-state index contributed by atoms with van der Waals surface area (Å²) in [6.07, 6.45) is 5.95. The number of fused-ring (bicyclic) bond motifs is 1. The zero-order valence-corrected chi connectivity index (χ0v) is 11.8. The Labute approximate surface area is 119 Å². The maximum atomic E-state index is 12.3. The Morgan fingerprint density at radius 1 is 1.30 bits per heavy atom. The normalized spacial score (nSPS) is 16.9. The molecule has 1 heterocycles. The third-order valence-electron chi connectivity index (χ3n) is 4.34. The van der Waals surface area contributed by atoms with Gasteiger partial charge in [-0.3, -0.25) is 9.78 Å². The topological polar surface area (TPSA) is 39.2 Å². The molecule has 104 valence electrons. The number of Topliss-reactive ketones (excluding diaryl/α,β-unsaturated/α-hetero) is 1. The number of hydrogen-bond acceptors (Lipinski definition) is 3. The third kappa shape index (κ3) is 2.46. The minimum Gasteiger partial charge on any atom is -0.378 e. The lowest BCUT2D eigenvalue weighted by Crippen LogP contribution is -2.41. The average Bonchev–Trinajstić information content (AvgIpc) is 2.43. The summed E-state index contributed by atoms with van der Waals surface area (Å²) in [6, 6.07) is 9.91. The number of carbonyl (C=O) groups is 1. The van der Waals surface area contributed by atoms with Crippen molar-refractivity contribution in [2.75, 3.05) is 7.11 Å². The fourth-order valence-electron chi connectivity index (χ4n) is 2.97. The summed E-state index contributed by atoms with van der Waals surface area (Å²) in [5.41, 5.74) is 1.83. The van der Waals surface area contributed by atoms with Gasteiger partial charge in [0.15, 0.2) is 0 Å². The van der Waals surface area contributed by atoms with Gasteiger partial charge in [0.2, 0.25) is 0 Å². The molecule has 1 aliphatic rings. The van der Waals surface area contributed by atoms with E-state index in [9.17, 15) is 4.79 Å². The molecule has 1 aliphatic carbocycles. The van der Waals surface area contributed by atoms with Gasteiger partial charge in [0.1, 0.15) is 5.78 Å². The number of aromatic nitrogens is 1. The molecular weight excluding hydrogens is 250 g/mol. The number of pyridine rings is 1. The molecule has 1 fully saturated rings. The first-order valence-corrected chi connectivity index (χ1v) is 7.12. The van der Waals surface area contributed by atoms with Crippen LogP contribution in [0.2, 0.25) is 0 Å². The van der Waals surface area contributed by atoms with E-state index in [-0.39, 0.29) is 11.4 Å². The Morgan fingerprint density at radius 2 is 2.10 bits per heavy atom. The van der Waals surface area contributed by atoms with Crippen molar-refractivity contribution in [3.05, 3.63) is 42.1 Å². The third-order valence-corrected chi connectivity index (χ3v) is 4.34. The monoisotopic (exact) mass is 269 g/mol. The molecule has 3 rings (SSSR count). The highest BCUT2D eigenvalue weighted by Gasteiger charge is 2.38. The fourth-order valence-corrected chi connectivity index (χ4v) is 2.97. The van der Waals surface area contributed by atoms with Crippen LogP contribution in [0.1, 0.15) is 31.2 Å². The standard InChI is InChI=1S/C17H19NO2/c1-20-17(8-4-9-17)12-14(19)11-13-7-10-18-16-6-3-2-5-15(13)16/h2-3,5-7,10H,4,8-9,11-12H2,1H3. The average molecular weight is 269 g/mol. The van der Waals surface area contributed by atoms with Crippen LogP contribution in [-0.2, 0) is 16.0 Å². The Morgan fingerprint density at radius 3 is 2.80 bits per heavy atom. The van der Waals surface area contributed by atoms with Crippen molar-refractivity contribution in [2.45, 2.75) is 37.7 Å². The van der Waals surface area contributed by atoms with Gasteiger partial charge in [0.25, 0.3) is 0 Å². The number of benzene rings is 1. The highest BCUT2D eigenvalue weighted by atomic mass is 16.5. The van der Waals surface area contributed by atoms with E-state index in [0.29, 0.717) is 12.8 Å². The van der Waals surface area contributed by atoms with Crippen molar-refractivity contribution in [1.29, 1.82) is 0 Å². The van der Waals surface area contributed by atoms with E-state index in [0.717, 1.165) is 29.3 Å². The number of para-hydroxylation sites is 1. The molecule has 0 aliphatic heterocycles. The minimum absolute atomic E-state index is 0.181. The summed E-state index contributed by atoms with van der Waals surface area (Å²) in [4.78, 5) is 16.7. The quantitative estimate of drug-likeness (QED) is 0.836. The molecule has 3 nitrogen and oxygen atoms in total. The zero-order valence-electron chi connectivity index (χ0n) is 11.8. The minimum atomic E-state index is -0.181. The highest BCUT2D eigenvalue weighted by Crippen LogP contribution is 2.38. The SMILES string of the molecule is COC1(CC(=O)Cc2ccnc3ccccc23)CCC1. The molecule has 3 heteroatoms. The first kappa shape index (κ1) is 13.3. The summed E-state index contributed by atoms with van der Waals surface area (Å²) in [6.45, 7) is 0. The summed E-state index contributed by atoms with van der Waals surface area (Å²) in [5, 5.41) is 1.07. The van der Waals surface area contributed by atoms with Crippen molar-refractivity contribution in [3.63, 3.8) is 0 Å². The molecule has 0 unspecified atom stereocenters. The molecule has 0 amide bonds. The van der Waals surface area contributed by atoms with Crippen LogP contribution in [0.3, 0.4) is 0 Å². The smallest absolute Gasteiger partial charge is 0.140 e. The van der Waals surface area contributed by atoms with Gasteiger partial charge >= 0.3 is 0 Å². The van der Waals surface area contributed by atoms with Crippen LogP contribution < -0.4 is 0 Å². The van der Waals surface area contributed by atoms with Crippen LogP contribution in [0, 0.1) is 0 Å². The van der Waals surface area contributed by atoms with Gasteiger partial charge in [-0.2, -0.15) is 0 Å². The Bertz CT molecular complexity index is 621. The van der Waals surface area contributed by atoms with Crippen LogP contribution in [0.25, 0.3) is 10.9 Å². The van der Waals surface area contributed by atoms with Crippen LogP contribution in [0.5, 0.6) is 0 Å². The van der Waals surface area contributed by atoms with Gasteiger partial charge < -0.3 is 4.74 Å². The largest absolute Gasteiger partial charge is 0.378 e. The molecule has 0 bridgehead atoms. The van der Waals surface area contributed by atoms with Gasteiger partial charge in [-0.1, -0.05) is 18.2 Å². The van der Waals surface area contributed by atoms with Gasteiger partial charge in [0, 0.05) is 31.5 Å². The molecule has 0 atom stereocenters. The van der Waals surface area contributed by atoms with Crippen LogP contribution in [0.4, 0.5) is 0 Å². The lowest BCUT2D eigenvalue weighted by molar-refractivity contribution is -0.131. The predicted octanol–water partition coefficient (Wildman–Crippen LogP) is 3.31. The number of nitrogens with zero attached hydrogens (tertiary/aromatic N) is 1. The van der Waals surface area contributed by atoms with E-state index in [4.69, 9.17) is 4.74 Å². The number of methoxy groups -OCH3 is 1. The van der Waals surface area contributed by atoms with Gasteiger partial charge in [0.05, 0.1) is 11.1 Å². The first-order chi connectivity index (χ1) is 9.72. The number of ketones is 1. The lowest BCUT2D eigenvalue weighted by atomic mass is 9.76. The Balaban J connectivity index is 1.77. The van der Waals surface area contributed by atoms with Crippen molar-refractivity contribution in [3.8, 4) is 0 Å². The molecule has 1 aromatic carbocycles. The molecule has 0 spiro atoms. The molecule has 0 radical (unpaired) electrons. The van der Waals surface area contributed by atoms with E-state index in [2.05, 4.69) is 4.98 Å². The Hall–Kier alpha value is -1.74. The van der Waals surface area contributed by atoms with E-state index in [1.165, 1.54) is 6.42 Å². The zero-order chi connectivity index (χ0) is 14.0. The van der Waals surface area contributed by atoms with Gasteiger partial charge in [-0.25, -0.2) is 0 Å². The molecule has 1 aromatic heterocycles. The lowest BCUT2D eigenvalue weighted by Gasteiger charge is -2.40. The van der Waals surface area contributed by atoms with Crippen LogP contribution >= 0.6 is 0 Å². The number of rotatable bonds is 5. The van der Waals surface area contributed by atoms with Crippen molar-refractivity contribution < 1.29 is 9.53 Å². The van der Waals surface area contributed by atoms with E-state index >= 15 is 0 Å². The number of carbonyl (C=O) groups excluding carboxylic acids is 1. The molecule has 0 N–H and O–H groups in total. The number of ether oxygens (including phenoxy) is 1. The Kier molecular flexibility index (Phi) is 3.53. The second-order valence-electron chi connectivity index (χ2n) is 5.62. The van der Waals surface area contributed by atoms with Crippen molar-refractivity contribution in [2.24, 2.45) is 0 Å². The summed E-state index contributed by atoms with van der Waals surface area (Å²) < 4.78 is 5.54. The maximum absolute atomic E-state index is 12.3. The first-order valence-electron chi connectivity index (χ1n) is 7.12. The summed E-state index contributed by atoms with van der Waals surface area (Å²) in [7, 11) is 1.72. The predicted molar refractivity (Wildman–Crippen MR) is 78.7 cm³/mol. The second-order valence-corrected chi connectivity index (χ2v) is 5.62. The fraction of sp³-hybridized carbons (Fsp3) is 0.412. The van der Waals surface area contributed by atoms with E-state index < -0.39 is 0 Å². The second kappa shape index (κ2) is 5.33. The highest BCUT2D eigenvalue weighted by molar-refractivity contribution is 5.89. The van der Waals surface area contributed by atoms with Crippen LogP contribution in [-0.4, -0.2) is 23.5 Å². The molecule has 20 heavy (non-hydrogen) atoms. The van der Waals surface area contributed by atoms with Gasteiger partial charge in [-0.05, 0) is 37.0 Å². The maximum Gasteiger partial charge on any atom is 0.140 e. The molecule has 0 saturated heterocycles. The van der Waals surface area contributed by atoms with E-state index in [1.54, 1.807) is 13.3 Å². The van der Waals surface area contributed by atoms with Crippen LogP contribution in [0.15, 0.2) is 36.5 Å². The molecule has 1 saturated carbocycles. The number of hydrogen-bond donors (Lipinski definition) is 0. The van der Waals surface area contributed by atoms with Crippen molar-refractivity contribution >= 4 is 16.7 Å². The van der Waals surface area contributed by atoms with Gasteiger partial charge in [-0.15, -0.1) is 0 Å². The summed E-state index contributed by atoms with van der Waals surface area (Å²) in [5.74, 6) is 0.253. The van der Waals surface area contributed by atoms with Crippen molar-refractivity contribution in [1.82, 2.24) is 4.98 Å². The molecular formula is C17H19NO2.